The second kappa shape index (κ2) is 3.71. The molecule has 0 N–H and O–H groups in total. The predicted octanol–water partition coefficient (Wildman–Crippen LogP) is 2.15. The molecule has 5 aliphatic rings. The van der Waals surface area contributed by atoms with Crippen LogP contribution in [0.3, 0.4) is 0 Å². The Balaban J connectivity index is 1.82. The molecule has 1 unspecified atom stereocenters. The normalized spacial score (nSPS) is 56.2. The Labute approximate surface area is 112 Å². The molecule has 0 aromatic rings. The quantitative estimate of drug-likeness (QED) is 0.497. The van der Waals surface area contributed by atoms with Crippen molar-refractivity contribution in [3.63, 3.8) is 0 Å². The van der Waals surface area contributed by atoms with Crippen molar-refractivity contribution in [1.29, 1.82) is 0 Å². The summed E-state index contributed by atoms with van der Waals surface area (Å²) in [5.41, 5.74) is -0.582. The Morgan fingerprint density at radius 1 is 1.21 bits per heavy atom. The molecule has 0 amide bonds. The van der Waals surface area contributed by atoms with Crippen LogP contribution < -0.4 is 0 Å². The van der Waals surface area contributed by atoms with Gasteiger partial charge in [-0.05, 0) is 32.1 Å². The van der Waals surface area contributed by atoms with Gasteiger partial charge in [0, 0.05) is 12.3 Å². The summed E-state index contributed by atoms with van der Waals surface area (Å²) in [6.07, 6.45) is 4.41. The van der Waals surface area contributed by atoms with Gasteiger partial charge in [0.05, 0.1) is 5.92 Å². The van der Waals surface area contributed by atoms with E-state index in [1.54, 1.807) is 0 Å². The summed E-state index contributed by atoms with van der Waals surface area (Å²) in [6.45, 7) is 3.79. The highest BCUT2D eigenvalue weighted by molar-refractivity contribution is 5.74. The van der Waals surface area contributed by atoms with Crippen LogP contribution in [0.1, 0.15) is 46.0 Å². The molecule has 19 heavy (non-hydrogen) atoms. The van der Waals surface area contributed by atoms with Gasteiger partial charge in [-0.25, -0.2) is 9.78 Å². The maximum Gasteiger partial charge on any atom is 0.311 e. The molecule has 106 valence electrons. The third-order valence-electron chi connectivity index (χ3n) is 5.52. The fraction of sp³-hybridized carbons (Fsp3) is 0.929. The standard InChI is InChI=1S/C14H20O5/c1-8-10-5-3-4-9-6-7-13(2)17-12(16-11(8)15)14(9,10)19-18-13/h8-10,12H,3-7H2,1-2H3/t8-,9?,10+,12-,13-,14-/m1/s1. The molecule has 1 spiro atoms. The van der Waals surface area contributed by atoms with Gasteiger partial charge < -0.3 is 9.47 Å². The molecule has 5 rings (SSSR count). The van der Waals surface area contributed by atoms with E-state index in [0.29, 0.717) is 5.92 Å². The van der Waals surface area contributed by atoms with Crippen molar-refractivity contribution in [1.82, 2.24) is 0 Å². The van der Waals surface area contributed by atoms with E-state index < -0.39 is 17.7 Å². The third-order valence-corrected chi connectivity index (χ3v) is 5.52. The van der Waals surface area contributed by atoms with Gasteiger partial charge in [0.2, 0.25) is 12.1 Å². The van der Waals surface area contributed by atoms with Crippen LogP contribution in [-0.2, 0) is 24.0 Å². The first kappa shape index (κ1) is 12.1. The maximum absolute atomic E-state index is 12.0. The van der Waals surface area contributed by atoms with Gasteiger partial charge in [-0.1, -0.05) is 13.3 Å². The van der Waals surface area contributed by atoms with E-state index in [2.05, 4.69) is 0 Å². The van der Waals surface area contributed by atoms with E-state index in [0.717, 1.165) is 32.1 Å². The van der Waals surface area contributed by atoms with Crippen molar-refractivity contribution in [2.45, 2.75) is 63.6 Å². The van der Waals surface area contributed by atoms with Crippen molar-refractivity contribution in [2.24, 2.45) is 17.8 Å². The van der Waals surface area contributed by atoms with E-state index in [1.807, 2.05) is 13.8 Å². The summed E-state index contributed by atoms with van der Waals surface area (Å²) >= 11 is 0. The van der Waals surface area contributed by atoms with Gasteiger partial charge in [0.1, 0.15) is 0 Å². The zero-order chi connectivity index (χ0) is 13.3. The molecule has 4 aliphatic heterocycles. The smallest absolute Gasteiger partial charge is 0.311 e. The molecule has 2 bridgehead atoms. The average molecular weight is 268 g/mol. The van der Waals surface area contributed by atoms with Crippen molar-refractivity contribution in [2.75, 3.05) is 0 Å². The monoisotopic (exact) mass is 268 g/mol. The number of ether oxygens (including phenoxy) is 2. The molecule has 0 radical (unpaired) electrons. The Kier molecular flexibility index (Phi) is 2.37. The molecule has 0 aromatic heterocycles. The van der Waals surface area contributed by atoms with Crippen molar-refractivity contribution >= 4 is 5.97 Å². The summed E-state index contributed by atoms with van der Waals surface area (Å²) < 4.78 is 11.5. The fourth-order valence-corrected chi connectivity index (χ4v) is 4.41. The molecular formula is C14H20O5. The molecule has 5 heteroatoms. The van der Waals surface area contributed by atoms with E-state index in [1.165, 1.54) is 0 Å². The van der Waals surface area contributed by atoms with Gasteiger partial charge in [0.15, 0.2) is 5.60 Å². The van der Waals surface area contributed by atoms with Crippen molar-refractivity contribution in [3.05, 3.63) is 0 Å². The second-order valence-electron chi connectivity index (χ2n) is 6.60. The van der Waals surface area contributed by atoms with Gasteiger partial charge >= 0.3 is 5.97 Å². The van der Waals surface area contributed by atoms with Crippen LogP contribution in [0.5, 0.6) is 0 Å². The minimum atomic E-state index is -0.779. The average Bonchev–Trinajstić information content (AvgIpc) is 2.61. The molecule has 5 fully saturated rings. The van der Waals surface area contributed by atoms with Crippen LogP contribution in [0.15, 0.2) is 0 Å². The third kappa shape index (κ3) is 1.44. The highest BCUT2D eigenvalue weighted by Crippen LogP contribution is 2.58. The summed E-state index contributed by atoms with van der Waals surface area (Å²) in [6, 6.07) is 0. The van der Waals surface area contributed by atoms with E-state index in [-0.39, 0.29) is 17.8 Å². The number of hydrogen-bond donors (Lipinski definition) is 0. The first-order valence-corrected chi connectivity index (χ1v) is 7.30. The molecule has 4 heterocycles. The summed E-state index contributed by atoms with van der Waals surface area (Å²) in [5.74, 6) is -0.593. The first-order chi connectivity index (χ1) is 9.05. The Morgan fingerprint density at radius 2 is 2.05 bits per heavy atom. The van der Waals surface area contributed by atoms with Crippen LogP contribution in [0.25, 0.3) is 0 Å². The topological polar surface area (TPSA) is 54.0 Å². The lowest BCUT2D eigenvalue weighted by molar-refractivity contribution is -0.557. The van der Waals surface area contributed by atoms with Gasteiger partial charge in [-0.15, -0.1) is 0 Å². The van der Waals surface area contributed by atoms with Crippen LogP contribution >= 0.6 is 0 Å². The number of rotatable bonds is 0. The Bertz CT molecular complexity index is 424. The van der Waals surface area contributed by atoms with E-state index in [4.69, 9.17) is 19.2 Å². The lowest BCUT2D eigenvalue weighted by atomic mass is 9.61. The lowest BCUT2D eigenvalue weighted by Crippen LogP contribution is -2.68. The SMILES string of the molecule is C[C@H]1C(=O)O[C@@H]2O[C@@]3(C)CCC4CCC[C@@H]1[C@]42OO3. The van der Waals surface area contributed by atoms with Gasteiger partial charge in [0.25, 0.3) is 0 Å². The van der Waals surface area contributed by atoms with Crippen LogP contribution in [0.4, 0.5) is 0 Å². The van der Waals surface area contributed by atoms with Crippen molar-refractivity contribution < 1.29 is 24.0 Å². The number of carbonyl (C=O) groups excluding carboxylic acids is 1. The zero-order valence-corrected chi connectivity index (χ0v) is 11.4. The lowest BCUT2D eigenvalue weighted by Gasteiger charge is -2.56. The van der Waals surface area contributed by atoms with Gasteiger partial charge in [-0.2, -0.15) is 0 Å². The number of carbonyl (C=O) groups is 1. The summed E-state index contributed by atoms with van der Waals surface area (Å²) in [4.78, 5) is 23.5. The number of esters is 1. The summed E-state index contributed by atoms with van der Waals surface area (Å²) in [7, 11) is 0. The maximum atomic E-state index is 12.0. The molecule has 1 aliphatic carbocycles. The summed E-state index contributed by atoms with van der Waals surface area (Å²) in [5, 5.41) is 0. The van der Waals surface area contributed by atoms with E-state index in [9.17, 15) is 4.79 Å². The van der Waals surface area contributed by atoms with Crippen LogP contribution in [0.2, 0.25) is 0 Å². The minimum absolute atomic E-state index is 0.139. The van der Waals surface area contributed by atoms with E-state index >= 15 is 0 Å². The molecule has 0 aromatic carbocycles. The second-order valence-corrected chi connectivity index (χ2v) is 6.60. The van der Waals surface area contributed by atoms with Crippen molar-refractivity contribution in [3.8, 4) is 0 Å². The highest BCUT2D eigenvalue weighted by Gasteiger charge is 2.68. The zero-order valence-electron chi connectivity index (χ0n) is 11.4. The van der Waals surface area contributed by atoms with Gasteiger partial charge in [-0.3, -0.25) is 4.79 Å². The highest BCUT2D eigenvalue weighted by atomic mass is 17.3. The van der Waals surface area contributed by atoms with Crippen LogP contribution in [0, 0.1) is 17.8 Å². The first-order valence-electron chi connectivity index (χ1n) is 7.30. The number of fused-ring (bicyclic) bond motifs is 2. The Morgan fingerprint density at radius 3 is 2.89 bits per heavy atom. The largest absolute Gasteiger partial charge is 0.432 e. The number of hydrogen-bond acceptors (Lipinski definition) is 5. The minimum Gasteiger partial charge on any atom is -0.432 e. The van der Waals surface area contributed by atoms with Crippen LogP contribution in [-0.4, -0.2) is 23.6 Å². The predicted molar refractivity (Wildman–Crippen MR) is 63.5 cm³/mol. The molecule has 4 saturated heterocycles. The molecular weight excluding hydrogens is 248 g/mol. The Hall–Kier alpha value is -0.650. The molecule has 5 nitrogen and oxygen atoms in total. The fourth-order valence-electron chi connectivity index (χ4n) is 4.41. The molecule has 1 saturated carbocycles. The molecule has 6 atom stereocenters.